The van der Waals surface area contributed by atoms with Crippen molar-refractivity contribution >= 4 is 10.8 Å². The van der Waals surface area contributed by atoms with Crippen LogP contribution in [0.25, 0.3) is 44.5 Å². The fourth-order valence-corrected chi connectivity index (χ4v) is 4.55. The summed E-state index contributed by atoms with van der Waals surface area (Å²) in [5.74, 6) is -1.27. The van der Waals surface area contributed by atoms with Gasteiger partial charge in [-0.3, -0.25) is 4.98 Å². The van der Waals surface area contributed by atoms with Crippen LogP contribution in [-0.4, -0.2) is 9.97 Å². The summed E-state index contributed by atoms with van der Waals surface area (Å²) < 4.78 is 28.7. The predicted octanol–water partition coefficient (Wildman–Crippen LogP) is 9.50. The molecule has 0 unspecified atom stereocenters. The van der Waals surface area contributed by atoms with Crippen molar-refractivity contribution in [2.75, 3.05) is 0 Å². The molecule has 192 valence electrons. The number of halogens is 2. The Morgan fingerprint density at radius 1 is 0.579 bits per heavy atom. The topological polar surface area (TPSA) is 25.8 Å². The Morgan fingerprint density at radius 3 is 1.82 bits per heavy atom. The van der Waals surface area contributed by atoms with Gasteiger partial charge in [0.05, 0.1) is 17.1 Å². The quantitative estimate of drug-likeness (QED) is 0.243. The SMILES string of the molecule is CC(C)(C)c1cc(-c2cc(-c3cc4ccccc4cn3)nc(-c3ccc(F)cc3F)c2)cc(C(C)(C)C)c1. The number of aromatic nitrogens is 2. The van der Waals surface area contributed by atoms with E-state index in [9.17, 15) is 8.78 Å². The third-order valence-corrected chi connectivity index (χ3v) is 6.92. The van der Waals surface area contributed by atoms with E-state index >= 15 is 0 Å². The van der Waals surface area contributed by atoms with Gasteiger partial charge in [-0.25, -0.2) is 13.8 Å². The fraction of sp³-hybridized carbons (Fsp3) is 0.235. The maximum Gasteiger partial charge on any atom is 0.135 e. The van der Waals surface area contributed by atoms with Crippen LogP contribution < -0.4 is 0 Å². The number of rotatable bonds is 3. The summed E-state index contributed by atoms with van der Waals surface area (Å²) in [5, 5.41) is 2.08. The molecule has 0 radical (unpaired) electrons. The lowest BCUT2D eigenvalue weighted by atomic mass is 9.79. The van der Waals surface area contributed by atoms with Crippen molar-refractivity contribution in [2.24, 2.45) is 0 Å². The second-order valence-electron chi connectivity index (χ2n) is 12.0. The highest BCUT2D eigenvalue weighted by Crippen LogP contribution is 2.37. The molecule has 4 heteroatoms. The number of benzene rings is 3. The molecule has 0 aliphatic rings. The van der Waals surface area contributed by atoms with E-state index in [1.54, 1.807) is 0 Å². The highest BCUT2D eigenvalue weighted by atomic mass is 19.1. The highest BCUT2D eigenvalue weighted by molar-refractivity contribution is 5.86. The fourth-order valence-electron chi connectivity index (χ4n) is 4.55. The molecule has 0 amide bonds. The van der Waals surface area contributed by atoms with E-state index < -0.39 is 11.6 Å². The van der Waals surface area contributed by atoms with Crippen LogP contribution in [0.4, 0.5) is 8.78 Å². The Labute approximate surface area is 223 Å². The van der Waals surface area contributed by atoms with Crippen molar-refractivity contribution in [3.63, 3.8) is 0 Å². The molecular formula is C34H32F2N2. The molecule has 5 rings (SSSR count). The molecule has 5 aromatic rings. The first-order chi connectivity index (χ1) is 17.9. The molecule has 3 aromatic carbocycles. The number of nitrogens with zero attached hydrogens (tertiary/aromatic N) is 2. The van der Waals surface area contributed by atoms with E-state index in [0.29, 0.717) is 17.1 Å². The minimum absolute atomic E-state index is 0.0579. The summed E-state index contributed by atoms with van der Waals surface area (Å²) in [5.41, 5.74) is 6.25. The van der Waals surface area contributed by atoms with E-state index in [1.807, 2.05) is 48.7 Å². The van der Waals surface area contributed by atoms with Crippen LogP contribution in [0.3, 0.4) is 0 Å². The molecule has 0 aliphatic heterocycles. The normalized spacial score (nSPS) is 12.2. The Bertz CT molecular complexity index is 1620. The maximum absolute atomic E-state index is 15.0. The van der Waals surface area contributed by atoms with Crippen LogP contribution in [0.15, 0.2) is 85.1 Å². The third-order valence-electron chi connectivity index (χ3n) is 6.92. The summed E-state index contributed by atoms with van der Waals surface area (Å²) in [6.45, 7) is 13.2. The van der Waals surface area contributed by atoms with Crippen molar-refractivity contribution in [2.45, 2.75) is 52.4 Å². The maximum atomic E-state index is 15.0. The monoisotopic (exact) mass is 506 g/mol. The number of fused-ring (bicyclic) bond motifs is 1. The highest BCUT2D eigenvalue weighted by Gasteiger charge is 2.22. The molecule has 0 spiro atoms. The van der Waals surface area contributed by atoms with Crippen LogP contribution in [0.5, 0.6) is 0 Å². The second-order valence-corrected chi connectivity index (χ2v) is 12.0. The molecule has 0 saturated heterocycles. The van der Waals surface area contributed by atoms with E-state index in [0.717, 1.165) is 28.0 Å². The van der Waals surface area contributed by atoms with Gasteiger partial charge in [-0.1, -0.05) is 84.0 Å². The standard InChI is InChI=1S/C34H32F2N2/c1-33(2,3)25-13-23(14-26(18-25)34(4,5)6)24-16-30(28-12-11-27(35)19-29(28)36)38-32(17-24)31-15-21-9-7-8-10-22(21)20-37-31/h7-20H,1-6H3. The Kier molecular flexibility index (Phi) is 6.38. The lowest BCUT2D eigenvalue weighted by Gasteiger charge is -2.26. The molecular weight excluding hydrogens is 474 g/mol. The molecule has 0 N–H and O–H groups in total. The van der Waals surface area contributed by atoms with Crippen LogP contribution in [-0.2, 0) is 10.8 Å². The van der Waals surface area contributed by atoms with Gasteiger partial charge in [0, 0.05) is 23.2 Å². The summed E-state index contributed by atoms with van der Waals surface area (Å²) in [6.07, 6.45) is 1.83. The molecule has 0 atom stereocenters. The lowest BCUT2D eigenvalue weighted by molar-refractivity contribution is 0.569. The van der Waals surface area contributed by atoms with Crippen molar-refractivity contribution in [3.05, 3.63) is 108 Å². The van der Waals surface area contributed by atoms with Crippen LogP contribution in [0, 0.1) is 11.6 Å². The molecule has 0 fully saturated rings. The Morgan fingerprint density at radius 2 is 1.18 bits per heavy atom. The molecule has 38 heavy (non-hydrogen) atoms. The van der Waals surface area contributed by atoms with Crippen molar-refractivity contribution < 1.29 is 8.78 Å². The zero-order valence-electron chi connectivity index (χ0n) is 22.7. The van der Waals surface area contributed by atoms with Gasteiger partial charge >= 0.3 is 0 Å². The van der Waals surface area contributed by atoms with Gasteiger partial charge in [0.25, 0.3) is 0 Å². The summed E-state index contributed by atoms with van der Waals surface area (Å²) in [7, 11) is 0. The van der Waals surface area contributed by atoms with Crippen molar-refractivity contribution in [3.8, 4) is 33.8 Å². The molecule has 0 saturated carbocycles. The van der Waals surface area contributed by atoms with E-state index in [4.69, 9.17) is 4.98 Å². The predicted molar refractivity (Wildman–Crippen MR) is 153 cm³/mol. The second kappa shape index (κ2) is 9.43. The van der Waals surface area contributed by atoms with Gasteiger partial charge in [0.1, 0.15) is 11.6 Å². The summed E-state index contributed by atoms with van der Waals surface area (Å²) in [4.78, 5) is 9.49. The van der Waals surface area contributed by atoms with E-state index in [1.165, 1.54) is 23.3 Å². The average molecular weight is 507 g/mol. The van der Waals surface area contributed by atoms with Gasteiger partial charge in [0.15, 0.2) is 0 Å². The number of hydrogen-bond donors (Lipinski definition) is 0. The van der Waals surface area contributed by atoms with E-state index in [2.05, 4.69) is 64.7 Å². The van der Waals surface area contributed by atoms with Gasteiger partial charge in [-0.05, 0) is 68.8 Å². The smallest absolute Gasteiger partial charge is 0.135 e. The summed E-state index contributed by atoms with van der Waals surface area (Å²) in [6, 6.07) is 24.2. The van der Waals surface area contributed by atoms with Gasteiger partial charge in [-0.15, -0.1) is 0 Å². The van der Waals surface area contributed by atoms with Crippen molar-refractivity contribution in [1.29, 1.82) is 0 Å². The van der Waals surface area contributed by atoms with Crippen LogP contribution in [0.2, 0.25) is 0 Å². The largest absolute Gasteiger partial charge is 0.254 e. The first-order valence-corrected chi connectivity index (χ1v) is 12.9. The van der Waals surface area contributed by atoms with Crippen molar-refractivity contribution in [1.82, 2.24) is 9.97 Å². The van der Waals surface area contributed by atoms with Gasteiger partial charge < -0.3 is 0 Å². The Balaban J connectivity index is 1.78. The third kappa shape index (κ3) is 5.22. The number of hydrogen-bond acceptors (Lipinski definition) is 2. The van der Waals surface area contributed by atoms with E-state index in [-0.39, 0.29) is 16.4 Å². The zero-order chi connectivity index (χ0) is 27.2. The minimum atomic E-state index is -0.647. The molecule has 2 nitrogen and oxygen atoms in total. The molecule has 0 aliphatic carbocycles. The zero-order valence-corrected chi connectivity index (χ0v) is 22.7. The van der Waals surface area contributed by atoms with Gasteiger partial charge in [-0.2, -0.15) is 0 Å². The molecule has 0 bridgehead atoms. The number of pyridine rings is 2. The first-order valence-electron chi connectivity index (χ1n) is 12.9. The minimum Gasteiger partial charge on any atom is -0.254 e. The van der Waals surface area contributed by atoms with Crippen LogP contribution in [0.1, 0.15) is 52.7 Å². The van der Waals surface area contributed by atoms with Gasteiger partial charge in [0.2, 0.25) is 0 Å². The first kappa shape index (κ1) is 25.7. The van der Waals surface area contributed by atoms with Crippen LogP contribution >= 0.6 is 0 Å². The average Bonchev–Trinajstić information content (AvgIpc) is 2.87. The molecule has 2 aromatic heterocycles. The Hall–Kier alpha value is -3.92. The molecule has 2 heterocycles. The summed E-state index contributed by atoms with van der Waals surface area (Å²) >= 11 is 0. The lowest BCUT2D eigenvalue weighted by Crippen LogP contribution is -2.16.